The third kappa shape index (κ3) is 35.9. The van der Waals surface area contributed by atoms with Gasteiger partial charge in [-0.1, -0.05) is 229 Å². The number of unbranched alkanes of at least 4 members (excludes halogenated alkanes) is 30. The molecule has 0 spiro atoms. The zero-order valence-electron chi connectivity index (χ0n) is 42.0. The van der Waals surface area contributed by atoms with Gasteiger partial charge in [-0.15, -0.1) is 0 Å². The number of rotatable bonds is 46. The molecular formula is C56H103NO8. The molecule has 0 radical (unpaired) electrons. The molecule has 6 N–H and O–H groups in total. The zero-order chi connectivity index (χ0) is 47.3. The average Bonchev–Trinajstić information content (AvgIpc) is 3.31. The Kier molecular flexibility index (Phi) is 43.2. The standard InChI is InChI=1S/C56H103NO8/c1-3-5-7-9-11-13-15-17-19-20-21-22-23-24-25-26-27-28-29-30-32-34-36-38-40-42-44-46-52(60)57-49(48-64-56-55(63)54(62)53(61)51(47-58)65-56)50(59)45-43-41-39-37-35-33-31-18-16-14-12-10-8-6-4-2/h15,17,20-21,23-24,43,45,49-51,53-56,58-59,61-63H,3-14,16,18-19,22,25-42,44,46-48H2,1-2H3,(H,57,60)/b17-15-,21-20-,24-23-,45-43+. The van der Waals surface area contributed by atoms with Crippen LogP contribution < -0.4 is 5.32 Å². The summed E-state index contributed by atoms with van der Waals surface area (Å²) in [6.07, 6.45) is 53.0. The normalized spacial score (nSPS) is 20.3. The summed E-state index contributed by atoms with van der Waals surface area (Å²) >= 11 is 0. The molecule has 0 aromatic heterocycles. The van der Waals surface area contributed by atoms with Gasteiger partial charge in [0.05, 0.1) is 25.4 Å². The predicted molar refractivity (Wildman–Crippen MR) is 272 cm³/mol. The highest BCUT2D eigenvalue weighted by atomic mass is 16.7. The van der Waals surface area contributed by atoms with Crippen molar-refractivity contribution in [2.45, 2.75) is 288 Å². The molecule has 380 valence electrons. The van der Waals surface area contributed by atoms with Gasteiger partial charge in [-0.3, -0.25) is 4.79 Å². The highest BCUT2D eigenvalue weighted by Gasteiger charge is 2.44. The number of nitrogens with one attached hydrogen (secondary N) is 1. The molecule has 7 unspecified atom stereocenters. The van der Waals surface area contributed by atoms with E-state index < -0.39 is 49.5 Å². The Morgan fingerprint density at radius 2 is 0.908 bits per heavy atom. The summed E-state index contributed by atoms with van der Waals surface area (Å²) in [5.74, 6) is -0.179. The van der Waals surface area contributed by atoms with Gasteiger partial charge in [0.15, 0.2) is 6.29 Å². The molecule has 1 aliphatic heterocycles. The summed E-state index contributed by atoms with van der Waals surface area (Å²) in [5.41, 5.74) is 0. The molecule has 0 bridgehead atoms. The van der Waals surface area contributed by atoms with E-state index in [1.807, 2.05) is 6.08 Å². The van der Waals surface area contributed by atoms with Gasteiger partial charge in [-0.05, 0) is 57.8 Å². The molecule has 7 atom stereocenters. The second kappa shape index (κ2) is 45.9. The lowest BCUT2D eigenvalue weighted by molar-refractivity contribution is -0.302. The topological polar surface area (TPSA) is 149 Å². The molecule has 1 saturated heterocycles. The quantitative estimate of drug-likeness (QED) is 0.0261. The van der Waals surface area contributed by atoms with Crippen LogP contribution in [-0.2, 0) is 14.3 Å². The van der Waals surface area contributed by atoms with Crippen molar-refractivity contribution < 1.29 is 39.8 Å². The number of aliphatic hydroxyl groups is 5. The Morgan fingerprint density at radius 3 is 1.34 bits per heavy atom. The first-order chi connectivity index (χ1) is 31.8. The molecule has 0 aromatic rings. The summed E-state index contributed by atoms with van der Waals surface area (Å²) in [4.78, 5) is 13.0. The van der Waals surface area contributed by atoms with Crippen LogP contribution in [0.2, 0.25) is 0 Å². The Balaban J connectivity index is 2.22. The van der Waals surface area contributed by atoms with Crippen molar-refractivity contribution in [3.05, 3.63) is 48.6 Å². The lowest BCUT2D eigenvalue weighted by Gasteiger charge is -2.40. The van der Waals surface area contributed by atoms with Crippen molar-refractivity contribution in [2.75, 3.05) is 13.2 Å². The Bertz CT molecular complexity index is 1160. The second-order valence-electron chi connectivity index (χ2n) is 19.0. The van der Waals surface area contributed by atoms with Gasteiger partial charge >= 0.3 is 0 Å². The fraction of sp³-hybridized carbons (Fsp3) is 0.839. The van der Waals surface area contributed by atoms with Crippen molar-refractivity contribution in [3.8, 4) is 0 Å². The van der Waals surface area contributed by atoms with E-state index in [1.54, 1.807) is 6.08 Å². The Morgan fingerprint density at radius 1 is 0.523 bits per heavy atom. The van der Waals surface area contributed by atoms with E-state index in [0.717, 1.165) is 51.4 Å². The van der Waals surface area contributed by atoms with E-state index >= 15 is 0 Å². The second-order valence-corrected chi connectivity index (χ2v) is 19.0. The molecule has 9 nitrogen and oxygen atoms in total. The molecule has 0 saturated carbocycles. The number of aliphatic hydroxyl groups excluding tert-OH is 5. The van der Waals surface area contributed by atoms with E-state index in [-0.39, 0.29) is 12.5 Å². The SMILES string of the molecule is CCCCCCC/C=C\C/C=C\C/C=C\CCCCCCCCCCCCCCC(=O)NC(COC1OC(CO)C(O)C(O)C1O)C(O)/C=C/CCCCCCCCCCCCCCC. The van der Waals surface area contributed by atoms with Crippen LogP contribution in [0.1, 0.15) is 245 Å². The zero-order valence-corrected chi connectivity index (χ0v) is 42.0. The summed E-state index contributed by atoms with van der Waals surface area (Å²) < 4.78 is 11.2. The van der Waals surface area contributed by atoms with E-state index in [2.05, 4.69) is 55.6 Å². The minimum Gasteiger partial charge on any atom is -0.394 e. The van der Waals surface area contributed by atoms with Gasteiger partial charge < -0.3 is 40.3 Å². The first-order valence-electron chi connectivity index (χ1n) is 27.4. The highest BCUT2D eigenvalue weighted by Crippen LogP contribution is 2.23. The van der Waals surface area contributed by atoms with Gasteiger partial charge in [-0.2, -0.15) is 0 Å². The molecular weight excluding hydrogens is 815 g/mol. The smallest absolute Gasteiger partial charge is 0.220 e. The van der Waals surface area contributed by atoms with Crippen molar-refractivity contribution in [1.82, 2.24) is 5.32 Å². The number of carbonyl (C=O) groups is 1. The fourth-order valence-corrected chi connectivity index (χ4v) is 8.52. The van der Waals surface area contributed by atoms with Crippen LogP contribution >= 0.6 is 0 Å². The molecule has 1 heterocycles. The fourth-order valence-electron chi connectivity index (χ4n) is 8.52. The minimum atomic E-state index is -1.57. The van der Waals surface area contributed by atoms with Crippen LogP contribution in [0.25, 0.3) is 0 Å². The number of allylic oxidation sites excluding steroid dienone is 7. The molecule has 1 rings (SSSR count). The van der Waals surface area contributed by atoms with Gasteiger partial charge in [-0.25, -0.2) is 0 Å². The number of hydrogen-bond donors (Lipinski definition) is 6. The van der Waals surface area contributed by atoms with Gasteiger partial charge in [0.2, 0.25) is 5.91 Å². The van der Waals surface area contributed by atoms with Crippen LogP contribution in [0.4, 0.5) is 0 Å². The van der Waals surface area contributed by atoms with Crippen LogP contribution in [0.5, 0.6) is 0 Å². The largest absolute Gasteiger partial charge is 0.394 e. The van der Waals surface area contributed by atoms with Gasteiger partial charge in [0.1, 0.15) is 24.4 Å². The third-order valence-electron chi connectivity index (χ3n) is 12.9. The van der Waals surface area contributed by atoms with E-state index in [9.17, 15) is 30.3 Å². The maximum atomic E-state index is 13.0. The van der Waals surface area contributed by atoms with E-state index in [1.165, 1.54) is 173 Å². The number of hydrogen-bond acceptors (Lipinski definition) is 8. The minimum absolute atomic E-state index is 0.179. The highest BCUT2D eigenvalue weighted by molar-refractivity contribution is 5.76. The lowest BCUT2D eigenvalue weighted by atomic mass is 9.99. The van der Waals surface area contributed by atoms with Gasteiger partial charge in [0.25, 0.3) is 0 Å². The van der Waals surface area contributed by atoms with Crippen molar-refractivity contribution in [2.24, 2.45) is 0 Å². The first-order valence-corrected chi connectivity index (χ1v) is 27.4. The van der Waals surface area contributed by atoms with Gasteiger partial charge in [0, 0.05) is 6.42 Å². The van der Waals surface area contributed by atoms with E-state index in [0.29, 0.717) is 6.42 Å². The number of ether oxygens (including phenoxy) is 2. The summed E-state index contributed by atoms with van der Waals surface area (Å²) in [6.45, 7) is 3.77. The van der Waals surface area contributed by atoms with Crippen molar-refractivity contribution >= 4 is 5.91 Å². The molecule has 0 aliphatic carbocycles. The molecule has 1 amide bonds. The third-order valence-corrected chi connectivity index (χ3v) is 12.9. The maximum Gasteiger partial charge on any atom is 0.220 e. The lowest BCUT2D eigenvalue weighted by Crippen LogP contribution is -2.60. The van der Waals surface area contributed by atoms with E-state index in [4.69, 9.17) is 9.47 Å². The summed E-state index contributed by atoms with van der Waals surface area (Å²) in [6, 6.07) is -0.806. The Labute approximate surface area is 399 Å². The number of amides is 1. The van der Waals surface area contributed by atoms with Crippen LogP contribution in [-0.4, -0.2) is 87.5 Å². The van der Waals surface area contributed by atoms with Crippen molar-refractivity contribution in [1.29, 1.82) is 0 Å². The first kappa shape index (κ1) is 61.2. The van der Waals surface area contributed by atoms with Crippen LogP contribution in [0.15, 0.2) is 48.6 Å². The summed E-state index contributed by atoms with van der Waals surface area (Å²) in [7, 11) is 0. The van der Waals surface area contributed by atoms with Crippen LogP contribution in [0, 0.1) is 0 Å². The number of carbonyl (C=O) groups excluding carboxylic acids is 1. The van der Waals surface area contributed by atoms with Crippen molar-refractivity contribution in [3.63, 3.8) is 0 Å². The average molecular weight is 918 g/mol. The Hall–Kier alpha value is -1.85. The molecule has 9 heteroatoms. The molecule has 1 fully saturated rings. The summed E-state index contributed by atoms with van der Waals surface area (Å²) in [5, 5.41) is 54.4. The predicted octanol–water partition coefficient (Wildman–Crippen LogP) is 13.0. The molecule has 65 heavy (non-hydrogen) atoms. The van der Waals surface area contributed by atoms with Crippen LogP contribution in [0.3, 0.4) is 0 Å². The maximum absolute atomic E-state index is 13.0. The molecule has 1 aliphatic rings. The molecule has 0 aromatic carbocycles. The monoisotopic (exact) mass is 918 g/mol.